The van der Waals surface area contributed by atoms with Crippen LogP contribution in [0.4, 0.5) is 9.93 Å². The fourth-order valence-electron chi connectivity index (χ4n) is 4.09. The van der Waals surface area contributed by atoms with E-state index in [2.05, 4.69) is 20.7 Å². The van der Waals surface area contributed by atoms with Crippen molar-refractivity contribution in [3.05, 3.63) is 36.5 Å². The molecule has 1 aliphatic heterocycles. The Hall–Kier alpha value is -3.27. The molecule has 1 aromatic carbocycles. The van der Waals surface area contributed by atoms with Crippen molar-refractivity contribution in [2.24, 2.45) is 0 Å². The molecule has 4 amide bonds. The molecule has 0 bridgehead atoms. The predicted octanol–water partition coefficient (Wildman–Crippen LogP) is 2.65. The molecule has 2 aromatic heterocycles. The fraction of sp³-hybridized carbons (Fsp3) is 0.350. The van der Waals surface area contributed by atoms with E-state index in [0.717, 1.165) is 29.0 Å². The van der Waals surface area contributed by atoms with Gasteiger partial charge in [-0.1, -0.05) is 54.5 Å². The first-order valence-corrected chi connectivity index (χ1v) is 10.7. The molecule has 3 aromatic rings. The number of fused-ring (bicyclic) bond motifs is 1. The Labute approximate surface area is 176 Å². The number of carbonyl (C=O) groups excluding carboxylic acids is 3. The van der Waals surface area contributed by atoms with E-state index in [1.54, 1.807) is 4.52 Å². The molecule has 1 saturated carbocycles. The van der Waals surface area contributed by atoms with Crippen LogP contribution in [0.2, 0.25) is 0 Å². The van der Waals surface area contributed by atoms with E-state index in [-0.39, 0.29) is 24.8 Å². The van der Waals surface area contributed by atoms with Crippen molar-refractivity contribution in [3.8, 4) is 11.3 Å². The van der Waals surface area contributed by atoms with Crippen molar-refractivity contribution in [1.82, 2.24) is 24.8 Å². The Kier molecular flexibility index (Phi) is 4.50. The molecule has 5 rings (SSSR count). The lowest BCUT2D eigenvalue weighted by Crippen LogP contribution is -2.44. The molecule has 2 N–H and O–H groups in total. The molecule has 1 saturated heterocycles. The summed E-state index contributed by atoms with van der Waals surface area (Å²) >= 11 is 1.26. The second-order valence-electron chi connectivity index (χ2n) is 7.60. The highest BCUT2D eigenvalue weighted by Crippen LogP contribution is 2.35. The zero-order valence-corrected chi connectivity index (χ0v) is 16.9. The van der Waals surface area contributed by atoms with Gasteiger partial charge in [0.1, 0.15) is 5.54 Å². The quantitative estimate of drug-likeness (QED) is 0.612. The van der Waals surface area contributed by atoms with Crippen LogP contribution in [0, 0.1) is 0 Å². The molecule has 1 spiro atoms. The van der Waals surface area contributed by atoms with Gasteiger partial charge in [-0.2, -0.15) is 0 Å². The Balaban J connectivity index is 1.21. The van der Waals surface area contributed by atoms with Crippen LogP contribution in [-0.2, 0) is 9.59 Å². The lowest BCUT2D eigenvalue weighted by Gasteiger charge is -2.19. The number of aromatic nitrogens is 3. The Bertz CT molecular complexity index is 1100. The van der Waals surface area contributed by atoms with Gasteiger partial charge in [0, 0.05) is 18.5 Å². The van der Waals surface area contributed by atoms with Crippen LogP contribution in [-0.4, -0.2) is 49.4 Å². The van der Waals surface area contributed by atoms with Crippen molar-refractivity contribution in [2.75, 3.05) is 11.9 Å². The van der Waals surface area contributed by atoms with Crippen molar-refractivity contribution in [2.45, 2.75) is 37.6 Å². The normalized spacial score (nSPS) is 17.8. The average molecular weight is 424 g/mol. The summed E-state index contributed by atoms with van der Waals surface area (Å²) < 4.78 is 1.63. The van der Waals surface area contributed by atoms with Crippen LogP contribution in [0.25, 0.3) is 16.2 Å². The van der Waals surface area contributed by atoms with Crippen LogP contribution >= 0.6 is 11.3 Å². The molecule has 154 valence electrons. The fourth-order valence-corrected chi connectivity index (χ4v) is 4.89. The molecule has 2 fully saturated rings. The van der Waals surface area contributed by atoms with E-state index in [1.807, 2.05) is 36.5 Å². The molecule has 10 heteroatoms. The topological polar surface area (TPSA) is 109 Å². The molecule has 0 unspecified atom stereocenters. The Morgan fingerprint density at radius 2 is 1.97 bits per heavy atom. The highest BCUT2D eigenvalue weighted by molar-refractivity contribution is 7.20. The molecule has 30 heavy (non-hydrogen) atoms. The molecule has 1 aliphatic carbocycles. The van der Waals surface area contributed by atoms with Crippen molar-refractivity contribution in [1.29, 1.82) is 0 Å². The Morgan fingerprint density at radius 1 is 1.20 bits per heavy atom. The van der Waals surface area contributed by atoms with Gasteiger partial charge < -0.3 is 10.6 Å². The molecule has 9 nitrogen and oxygen atoms in total. The zero-order valence-electron chi connectivity index (χ0n) is 16.1. The third kappa shape index (κ3) is 3.22. The highest BCUT2D eigenvalue weighted by Gasteiger charge is 2.52. The summed E-state index contributed by atoms with van der Waals surface area (Å²) in [6, 6.07) is 9.38. The van der Waals surface area contributed by atoms with Gasteiger partial charge in [0.25, 0.3) is 5.91 Å². The largest absolute Gasteiger partial charge is 0.325 e. The Morgan fingerprint density at radius 3 is 2.70 bits per heavy atom. The number of carbonyl (C=O) groups is 3. The minimum absolute atomic E-state index is 0.0202. The van der Waals surface area contributed by atoms with E-state index < -0.39 is 11.6 Å². The van der Waals surface area contributed by atoms with Gasteiger partial charge in [0.05, 0.1) is 11.9 Å². The molecule has 2 aliphatic rings. The lowest BCUT2D eigenvalue weighted by atomic mass is 9.98. The average Bonchev–Trinajstić information content (AvgIpc) is 3.47. The smallest absolute Gasteiger partial charge is 0.323 e. The maximum atomic E-state index is 12.6. The summed E-state index contributed by atoms with van der Waals surface area (Å²) in [7, 11) is 0. The summed E-state index contributed by atoms with van der Waals surface area (Å²) in [6.07, 6.45) is 5.03. The summed E-state index contributed by atoms with van der Waals surface area (Å²) in [6.45, 7) is 0.0545. The lowest BCUT2D eigenvalue weighted by molar-refractivity contribution is -0.131. The number of anilines is 1. The van der Waals surface area contributed by atoms with Gasteiger partial charge in [-0.3, -0.25) is 14.5 Å². The van der Waals surface area contributed by atoms with E-state index in [4.69, 9.17) is 0 Å². The number of amides is 4. The van der Waals surface area contributed by atoms with Crippen LogP contribution in [0.1, 0.15) is 32.1 Å². The second-order valence-corrected chi connectivity index (χ2v) is 8.56. The van der Waals surface area contributed by atoms with Gasteiger partial charge >= 0.3 is 6.03 Å². The summed E-state index contributed by atoms with van der Waals surface area (Å²) in [5, 5.41) is 10.3. The van der Waals surface area contributed by atoms with Crippen molar-refractivity contribution >= 4 is 39.3 Å². The van der Waals surface area contributed by atoms with Gasteiger partial charge in [-0.25, -0.2) is 14.3 Å². The number of nitrogens with one attached hydrogen (secondary N) is 2. The number of benzene rings is 1. The number of hydrogen-bond acceptors (Lipinski definition) is 6. The number of imide groups is 1. The van der Waals surface area contributed by atoms with Crippen LogP contribution in [0.5, 0.6) is 0 Å². The number of nitrogens with zero attached hydrogens (tertiary/aromatic N) is 4. The zero-order chi connectivity index (χ0) is 20.7. The van der Waals surface area contributed by atoms with E-state index in [9.17, 15) is 14.4 Å². The number of hydrogen-bond donors (Lipinski definition) is 2. The third-order valence-corrected chi connectivity index (χ3v) is 6.46. The van der Waals surface area contributed by atoms with E-state index in [1.165, 1.54) is 11.3 Å². The predicted molar refractivity (Wildman–Crippen MR) is 111 cm³/mol. The molecular formula is C20H20N6O3S. The van der Waals surface area contributed by atoms with Crippen LogP contribution < -0.4 is 10.6 Å². The monoisotopic (exact) mass is 424 g/mol. The summed E-state index contributed by atoms with van der Waals surface area (Å²) in [4.78, 5) is 43.5. The first-order valence-electron chi connectivity index (χ1n) is 9.90. The van der Waals surface area contributed by atoms with Gasteiger partial charge in [-0.05, 0) is 12.8 Å². The van der Waals surface area contributed by atoms with Gasteiger partial charge in [-0.15, -0.1) is 5.10 Å². The number of urea groups is 1. The van der Waals surface area contributed by atoms with Crippen molar-refractivity contribution < 1.29 is 14.4 Å². The highest BCUT2D eigenvalue weighted by atomic mass is 32.1. The molecule has 0 atom stereocenters. The van der Waals surface area contributed by atoms with E-state index in [0.29, 0.717) is 22.9 Å². The SMILES string of the molecule is O=C(CCN1C(=O)NC2(CCCC2)C1=O)Nc1nn2cc(-c3ccccc3)nc2s1. The minimum atomic E-state index is -0.745. The summed E-state index contributed by atoms with van der Waals surface area (Å²) in [5.41, 5.74) is 1.06. The molecule has 0 radical (unpaired) electrons. The van der Waals surface area contributed by atoms with Gasteiger partial charge in [0.15, 0.2) is 0 Å². The third-order valence-electron chi connectivity index (χ3n) is 5.62. The standard InChI is InChI=1S/C20H20N6O3S/c27-15(8-11-25-16(28)20(23-18(25)29)9-4-5-10-20)22-17-24-26-12-14(21-19(26)30-17)13-6-2-1-3-7-13/h1-3,6-7,12H,4-5,8-11H2,(H,23,29)(H,22,24,27). The first-order chi connectivity index (χ1) is 14.5. The summed E-state index contributed by atoms with van der Waals surface area (Å²) in [5.74, 6) is -0.512. The number of rotatable bonds is 5. The minimum Gasteiger partial charge on any atom is -0.323 e. The second kappa shape index (κ2) is 7.21. The van der Waals surface area contributed by atoms with Crippen molar-refractivity contribution in [3.63, 3.8) is 0 Å². The van der Waals surface area contributed by atoms with Crippen LogP contribution in [0.15, 0.2) is 36.5 Å². The first kappa shape index (κ1) is 18.7. The van der Waals surface area contributed by atoms with Gasteiger partial charge in [0.2, 0.25) is 16.0 Å². The maximum Gasteiger partial charge on any atom is 0.325 e. The maximum absolute atomic E-state index is 12.6. The number of imidazole rings is 1. The van der Waals surface area contributed by atoms with Crippen LogP contribution in [0.3, 0.4) is 0 Å². The molecular weight excluding hydrogens is 404 g/mol. The van der Waals surface area contributed by atoms with E-state index >= 15 is 0 Å². The molecule has 3 heterocycles.